The number of aromatic nitrogens is 4. The van der Waals surface area contributed by atoms with Crippen LogP contribution in [-0.2, 0) is 13.1 Å². The molecule has 0 aliphatic carbocycles. The van der Waals surface area contributed by atoms with E-state index in [9.17, 15) is 9.59 Å². The summed E-state index contributed by atoms with van der Waals surface area (Å²) in [6, 6.07) is 16.3. The lowest BCUT2D eigenvalue weighted by Crippen LogP contribution is -2.40. The molecule has 0 spiro atoms. The van der Waals surface area contributed by atoms with E-state index in [1.54, 1.807) is 35.2 Å². The first-order valence-electron chi connectivity index (χ1n) is 8.60. The predicted octanol–water partition coefficient (Wildman–Crippen LogP) is 3.07. The Morgan fingerprint density at radius 1 is 1.00 bits per heavy atom. The van der Waals surface area contributed by atoms with Crippen molar-refractivity contribution < 1.29 is 0 Å². The van der Waals surface area contributed by atoms with Gasteiger partial charge in [-0.2, -0.15) is 0 Å². The van der Waals surface area contributed by atoms with Gasteiger partial charge in [0.05, 0.1) is 18.6 Å². The number of nitrogens with zero attached hydrogens (tertiary/aromatic N) is 4. The van der Waals surface area contributed by atoms with Gasteiger partial charge in [0.2, 0.25) is 0 Å². The molecule has 0 bridgehead atoms. The van der Waals surface area contributed by atoms with E-state index in [0.717, 1.165) is 5.56 Å². The van der Waals surface area contributed by atoms with Crippen LogP contribution in [-0.4, -0.2) is 18.7 Å². The van der Waals surface area contributed by atoms with E-state index in [2.05, 4.69) is 4.98 Å². The predicted molar refractivity (Wildman–Crippen MR) is 106 cm³/mol. The van der Waals surface area contributed by atoms with Crippen molar-refractivity contribution in [2.45, 2.75) is 20.0 Å². The Morgan fingerprint density at radius 3 is 2.37 bits per heavy atom. The lowest BCUT2D eigenvalue weighted by molar-refractivity contribution is 0.675. The molecule has 0 aliphatic rings. The van der Waals surface area contributed by atoms with Crippen LogP contribution in [0.3, 0.4) is 0 Å². The van der Waals surface area contributed by atoms with Gasteiger partial charge < -0.3 is 4.57 Å². The number of benzene rings is 2. The van der Waals surface area contributed by atoms with Crippen molar-refractivity contribution in [2.24, 2.45) is 0 Å². The van der Waals surface area contributed by atoms with Gasteiger partial charge in [-0.3, -0.25) is 9.36 Å². The first kappa shape index (κ1) is 17.3. The van der Waals surface area contributed by atoms with E-state index in [-0.39, 0.29) is 12.1 Å². The van der Waals surface area contributed by atoms with Gasteiger partial charge in [0.15, 0.2) is 11.2 Å². The highest BCUT2D eigenvalue weighted by Gasteiger charge is 2.18. The second-order valence-corrected chi connectivity index (χ2v) is 6.61. The maximum Gasteiger partial charge on any atom is 0.337 e. The van der Waals surface area contributed by atoms with Gasteiger partial charge >= 0.3 is 5.69 Å². The van der Waals surface area contributed by atoms with Crippen molar-refractivity contribution in [2.75, 3.05) is 0 Å². The van der Waals surface area contributed by atoms with Gasteiger partial charge in [-0.1, -0.05) is 41.9 Å². The Labute approximate surface area is 159 Å². The van der Waals surface area contributed by atoms with Crippen molar-refractivity contribution in [1.29, 1.82) is 0 Å². The number of rotatable bonds is 4. The fourth-order valence-corrected chi connectivity index (χ4v) is 3.27. The van der Waals surface area contributed by atoms with E-state index in [1.165, 1.54) is 9.13 Å². The lowest BCUT2D eigenvalue weighted by atomic mass is 10.2. The zero-order valence-electron chi connectivity index (χ0n) is 14.7. The smallest absolute Gasteiger partial charge is 0.325 e. The van der Waals surface area contributed by atoms with Crippen LogP contribution >= 0.6 is 11.6 Å². The minimum absolute atomic E-state index is 0.191. The zero-order valence-corrected chi connectivity index (χ0v) is 15.4. The topological polar surface area (TPSA) is 61.8 Å². The van der Waals surface area contributed by atoms with Gasteiger partial charge in [-0.25, -0.2) is 14.3 Å². The van der Waals surface area contributed by atoms with E-state index in [0.29, 0.717) is 28.4 Å². The zero-order chi connectivity index (χ0) is 19.0. The average molecular weight is 381 g/mol. The molecule has 2 aromatic carbocycles. The molecule has 0 radical (unpaired) electrons. The highest BCUT2D eigenvalue weighted by Crippen LogP contribution is 2.16. The third kappa shape index (κ3) is 2.98. The summed E-state index contributed by atoms with van der Waals surface area (Å²) in [5, 5.41) is 0.569. The highest BCUT2D eigenvalue weighted by molar-refractivity contribution is 6.30. The van der Waals surface area contributed by atoms with Crippen molar-refractivity contribution in [1.82, 2.24) is 18.7 Å². The van der Waals surface area contributed by atoms with Gasteiger partial charge in [0, 0.05) is 11.6 Å². The minimum Gasteiger partial charge on any atom is -0.325 e. The maximum absolute atomic E-state index is 13.2. The summed E-state index contributed by atoms with van der Waals surface area (Å²) in [6.45, 7) is 2.70. The molecule has 0 saturated heterocycles. The quantitative estimate of drug-likeness (QED) is 0.546. The molecule has 0 aliphatic heterocycles. The van der Waals surface area contributed by atoms with Crippen LogP contribution in [0.1, 0.15) is 12.5 Å². The molecule has 0 saturated carbocycles. The standard InChI is InChI=1S/C20H17ClN4O2/c1-2-23-13-22-18-17(23)19(26)24(12-14-6-4-3-5-7-14)20(27)25(18)16-10-8-15(21)9-11-16/h3-11,13H,2,12H2,1H3. The number of aryl methyl sites for hydroxylation is 1. The largest absolute Gasteiger partial charge is 0.337 e. The molecular formula is C20H17ClN4O2. The maximum atomic E-state index is 13.2. The van der Waals surface area contributed by atoms with E-state index >= 15 is 0 Å². The summed E-state index contributed by atoms with van der Waals surface area (Å²) in [6.07, 6.45) is 1.59. The summed E-state index contributed by atoms with van der Waals surface area (Å²) in [4.78, 5) is 30.7. The van der Waals surface area contributed by atoms with Crippen LogP contribution in [0.25, 0.3) is 16.9 Å². The lowest BCUT2D eigenvalue weighted by Gasteiger charge is -2.12. The molecule has 6 nitrogen and oxygen atoms in total. The summed E-state index contributed by atoms with van der Waals surface area (Å²) < 4.78 is 4.47. The molecule has 4 aromatic rings. The Balaban J connectivity index is 2.05. The molecule has 0 atom stereocenters. The Hall–Kier alpha value is -3.12. The normalized spacial score (nSPS) is 11.2. The van der Waals surface area contributed by atoms with Crippen molar-refractivity contribution >= 4 is 22.8 Å². The fourth-order valence-electron chi connectivity index (χ4n) is 3.15. The van der Waals surface area contributed by atoms with Gasteiger partial charge in [-0.15, -0.1) is 0 Å². The summed E-state index contributed by atoms with van der Waals surface area (Å²) in [5.74, 6) is 0. The molecular weight excluding hydrogens is 364 g/mol. The number of fused-ring (bicyclic) bond motifs is 1. The van der Waals surface area contributed by atoms with Crippen LogP contribution in [0.2, 0.25) is 5.02 Å². The van der Waals surface area contributed by atoms with E-state index in [4.69, 9.17) is 11.6 Å². The molecule has 2 aromatic heterocycles. The van der Waals surface area contributed by atoms with E-state index in [1.807, 2.05) is 37.3 Å². The second kappa shape index (κ2) is 6.89. The fraction of sp³-hybridized carbons (Fsp3) is 0.150. The minimum atomic E-state index is -0.431. The SMILES string of the molecule is CCn1cnc2c1c(=O)n(Cc1ccccc1)c(=O)n2-c1ccc(Cl)cc1. The molecule has 27 heavy (non-hydrogen) atoms. The molecule has 0 N–H and O–H groups in total. The molecule has 136 valence electrons. The first-order chi connectivity index (χ1) is 13.1. The third-order valence-corrected chi connectivity index (χ3v) is 4.76. The van der Waals surface area contributed by atoms with Crippen LogP contribution in [0.4, 0.5) is 0 Å². The molecule has 0 fully saturated rings. The van der Waals surface area contributed by atoms with Crippen molar-refractivity contribution in [3.05, 3.63) is 92.3 Å². The van der Waals surface area contributed by atoms with Crippen LogP contribution in [0.5, 0.6) is 0 Å². The molecule has 0 amide bonds. The van der Waals surface area contributed by atoms with Crippen molar-refractivity contribution in [3.63, 3.8) is 0 Å². The number of imidazole rings is 1. The van der Waals surface area contributed by atoms with Crippen LogP contribution in [0, 0.1) is 0 Å². The van der Waals surface area contributed by atoms with Gasteiger partial charge in [-0.05, 0) is 36.8 Å². The molecule has 2 heterocycles. The molecule has 4 rings (SSSR count). The van der Waals surface area contributed by atoms with Gasteiger partial charge in [0.1, 0.15) is 0 Å². The summed E-state index contributed by atoms with van der Waals surface area (Å²) in [5.41, 5.74) is 1.46. The number of halogens is 1. The second-order valence-electron chi connectivity index (χ2n) is 6.17. The third-order valence-electron chi connectivity index (χ3n) is 4.51. The first-order valence-corrected chi connectivity index (χ1v) is 8.98. The summed E-state index contributed by atoms with van der Waals surface area (Å²) in [7, 11) is 0. The number of hydrogen-bond donors (Lipinski definition) is 0. The Kier molecular flexibility index (Phi) is 4.41. The van der Waals surface area contributed by atoms with Crippen LogP contribution in [0.15, 0.2) is 70.5 Å². The Bertz CT molecular complexity index is 1220. The molecule has 7 heteroatoms. The van der Waals surface area contributed by atoms with Crippen LogP contribution < -0.4 is 11.2 Å². The highest BCUT2D eigenvalue weighted by atomic mass is 35.5. The monoisotopic (exact) mass is 380 g/mol. The average Bonchev–Trinajstić information content (AvgIpc) is 3.11. The Morgan fingerprint density at radius 2 is 1.70 bits per heavy atom. The summed E-state index contributed by atoms with van der Waals surface area (Å²) >= 11 is 5.99. The van der Waals surface area contributed by atoms with Gasteiger partial charge in [0.25, 0.3) is 5.56 Å². The van der Waals surface area contributed by atoms with Crippen molar-refractivity contribution in [3.8, 4) is 5.69 Å². The molecule has 0 unspecified atom stereocenters. The number of hydrogen-bond acceptors (Lipinski definition) is 3. The van der Waals surface area contributed by atoms with E-state index < -0.39 is 5.69 Å².